The van der Waals surface area contributed by atoms with Crippen molar-refractivity contribution in [2.24, 2.45) is 5.41 Å². The molecular weight excluding hydrogens is 196 g/mol. The lowest BCUT2D eigenvalue weighted by atomic mass is 9.89. The number of hydrogen-bond donors (Lipinski definition) is 0. The number of nitrogens with zero attached hydrogens (tertiary/aromatic N) is 2. The van der Waals surface area contributed by atoms with Crippen molar-refractivity contribution < 1.29 is 0 Å². The van der Waals surface area contributed by atoms with Gasteiger partial charge in [-0.25, -0.2) is 9.97 Å². The fourth-order valence-corrected chi connectivity index (χ4v) is 1.39. The largest absolute Gasteiger partial charge is 0.241 e. The lowest BCUT2D eigenvalue weighted by molar-refractivity contribution is 0.377. The van der Waals surface area contributed by atoms with Gasteiger partial charge in [-0.1, -0.05) is 41.5 Å². The number of hydrogen-bond acceptors (Lipinski definition) is 2. The van der Waals surface area contributed by atoms with Crippen LogP contribution in [0.25, 0.3) is 0 Å². The van der Waals surface area contributed by atoms with Crippen LogP contribution >= 0.6 is 0 Å². The summed E-state index contributed by atoms with van der Waals surface area (Å²) in [5.41, 5.74) is 1.66. The van der Waals surface area contributed by atoms with Crippen molar-refractivity contribution in [2.75, 3.05) is 0 Å². The summed E-state index contributed by atoms with van der Waals surface area (Å²) in [5, 5.41) is 0. The van der Waals surface area contributed by atoms with Crippen molar-refractivity contribution in [1.29, 1.82) is 0 Å². The van der Waals surface area contributed by atoms with E-state index in [4.69, 9.17) is 0 Å². The molecule has 0 atom stereocenters. The van der Waals surface area contributed by atoms with Crippen LogP contribution < -0.4 is 0 Å². The van der Waals surface area contributed by atoms with Gasteiger partial charge in [-0.2, -0.15) is 0 Å². The molecule has 1 aromatic rings. The van der Waals surface area contributed by atoms with Crippen LogP contribution in [0.1, 0.15) is 59.4 Å². The Balaban J connectivity index is 2.66. The summed E-state index contributed by atoms with van der Waals surface area (Å²) >= 11 is 0. The summed E-state index contributed by atoms with van der Waals surface area (Å²) in [7, 11) is 0. The molecule has 2 nitrogen and oxygen atoms in total. The van der Waals surface area contributed by atoms with Crippen molar-refractivity contribution in [2.45, 2.75) is 59.8 Å². The molecule has 1 rings (SSSR count). The van der Waals surface area contributed by atoms with Gasteiger partial charge in [-0.05, 0) is 23.8 Å². The zero-order valence-electron chi connectivity index (χ0n) is 11.5. The minimum atomic E-state index is 0.0442. The maximum Gasteiger partial charge on any atom is 0.133 e. The summed E-state index contributed by atoms with van der Waals surface area (Å²) in [5.74, 6) is 0.923. The van der Waals surface area contributed by atoms with Gasteiger partial charge in [0.15, 0.2) is 0 Å². The normalized spacial score (nSPS) is 12.9. The maximum absolute atomic E-state index is 4.44. The first-order valence-electron chi connectivity index (χ1n) is 6.00. The van der Waals surface area contributed by atoms with E-state index in [9.17, 15) is 0 Å². The molecule has 0 radical (unpaired) electrons. The van der Waals surface area contributed by atoms with E-state index in [-0.39, 0.29) is 5.41 Å². The molecule has 0 aliphatic rings. The second-order valence-corrected chi connectivity index (χ2v) is 6.73. The van der Waals surface area contributed by atoms with E-state index in [2.05, 4.69) is 51.5 Å². The standard InChI is InChI=1S/C14H24N2/c1-13(2,3)8-7-11-9-15-12(16-10-11)14(4,5)6/h9-10H,7-8H2,1-6H3. The smallest absolute Gasteiger partial charge is 0.133 e. The van der Waals surface area contributed by atoms with E-state index in [1.165, 1.54) is 12.0 Å². The SMILES string of the molecule is CC(C)(C)CCc1cnc(C(C)(C)C)nc1. The molecule has 0 amide bonds. The van der Waals surface area contributed by atoms with Gasteiger partial charge >= 0.3 is 0 Å². The predicted molar refractivity (Wildman–Crippen MR) is 68.5 cm³/mol. The van der Waals surface area contributed by atoms with Gasteiger partial charge in [0, 0.05) is 17.8 Å². The summed E-state index contributed by atoms with van der Waals surface area (Å²) in [6.07, 6.45) is 6.18. The highest BCUT2D eigenvalue weighted by atomic mass is 14.9. The van der Waals surface area contributed by atoms with Gasteiger partial charge in [-0.3, -0.25) is 0 Å². The maximum atomic E-state index is 4.44. The molecule has 90 valence electrons. The number of aromatic nitrogens is 2. The summed E-state index contributed by atoms with van der Waals surface area (Å²) in [4.78, 5) is 8.88. The molecule has 0 N–H and O–H groups in total. The third-order valence-corrected chi connectivity index (χ3v) is 2.54. The van der Waals surface area contributed by atoms with Crippen LogP contribution in [0, 0.1) is 5.41 Å². The molecule has 16 heavy (non-hydrogen) atoms. The summed E-state index contributed by atoms with van der Waals surface area (Å²) in [6.45, 7) is 13.2. The fraction of sp³-hybridized carbons (Fsp3) is 0.714. The zero-order valence-corrected chi connectivity index (χ0v) is 11.5. The van der Waals surface area contributed by atoms with Crippen molar-refractivity contribution in [3.05, 3.63) is 23.8 Å². The Labute approximate surface area is 99.5 Å². The molecule has 0 aromatic carbocycles. The van der Waals surface area contributed by atoms with Crippen molar-refractivity contribution in [1.82, 2.24) is 9.97 Å². The Bertz CT molecular complexity index is 325. The monoisotopic (exact) mass is 220 g/mol. The van der Waals surface area contributed by atoms with E-state index in [0.717, 1.165) is 12.2 Å². The van der Waals surface area contributed by atoms with E-state index in [1.807, 2.05) is 12.4 Å². The van der Waals surface area contributed by atoms with E-state index in [0.29, 0.717) is 5.41 Å². The molecule has 0 unspecified atom stereocenters. The Morgan fingerprint density at radius 2 is 1.44 bits per heavy atom. The second-order valence-electron chi connectivity index (χ2n) is 6.73. The van der Waals surface area contributed by atoms with Crippen LogP contribution in [0.2, 0.25) is 0 Å². The van der Waals surface area contributed by atoms with Crippen LogP contribution in [0.15, 0.2) is 12.4 Å². The van der Waals surface area contributed by atoms with Crippen LogP contribution in [0.4, 0.5) is 0 Å². The first-order valence-corrected chi connectivity index (χ1v) is 6.00. The van der Waals surface area contributed by atoms with Gasteiger partial charge in [-0.15, -0.1) is 0 Å². The topological polar surface area (TPSA) is 25.8 Å². The zero-order chi connectivity index (χ0) is 12.4. The van der Waals surface area contributed by atoms with E-state index >= 15 is 0 Å². The molecule has 0 saturated carbocycles. The van der Waals surface area contributed by atoms with Crippen molar-refractivity contribution in [3.8, 4) is 0 Å². The molecule has 2 heteroatoms. The van der Waals surface area contributed by atoms with Crippen LogP contribution in [0.5, 0.6) is 0 Å². The Morgan fingerprint density at radius 3 is 1.81 bits per heavy atom. The van der Waals surface area contributed by atoms with E-state index < -0.39 is 0 Å². The van der Waals surface area contributed by atoms with Crippen LogP contribution in [-0.2, 0) is 11.8 Å². The number of aryl methyl sites for hydroxylation is 1. The molecular formula is C14H24N2. The van der Waals surface area contributed by atoms with Gasteiger partial charge in [0.25, 0.3) is 0 Å². The average molecular weight is 220 g/mol. The quantitative estimate of drug-likeness (QED) is 0.758. The predicted octanol–water partition coefficient (Wildman–Crippen LogP) is 3.75. The van der Waals surface area contributed by atoms with Gasteiger partial charge in [0.1, 0.15) is 5.82 Å². The molecule has 0 fully saturated rings. The Hall–Kier alpha value is -0.920. The second kappa shape index (κ2) is 4.52. The lowest BCUT2D eigenvalue weighted by Gasteiger charge is -2.18. The minimum Gasteiger partial charge on any atom is -0.241 e. The Kier molecular flexibility index (Phi) is 3.72. The lowest BCUT2D eigenvalue weighted by Crippen LogP contribution is -2.16. The van der Waals surface area contributed by atoms with Crippen LogP contribution in [-0.4, -0.2) is 9.97 Å². The number of rotatable bonds is 2. The van der Waals surface area contributed by atoms with Gasteiger partial charge in [0.05, 0.1) is 0 Å². The highest BCUT2D eigenvalue weighted by Crippen LogP contribution is 2.22. The van der Waals surface area contributed by atoms with Crippen LogP contribution in [0.3, 0.4) is 0 Å². The van der Waals surface area contributed by atoms with Gasteiger partial charge in [0.2, 0.25) is 0 Å². The molecule has 0 bridgehead atoms. The Morgan fingerprint density at radius 1 is 0.938 bits per heavy atom. The fourth-order valence-electron chi connectivity index (χ4n) is 1.39. The first kappa shape index (κ1) is 13.1. The van der Waals surface area contributed by atoms with Crippen molar-refractivity contribution >= 4 is 0 Å². The summed E-state index contributed by atoms with van der Waals surface area (Å²) in [6, 6.07) is 0. The van der Waals surface area contributed by atoms with Crippen molar-refractivity contribution in [3.63, 3.8) is 0 Å². The highest BCUT2D eigenvalue weighted by molar-refractivity contribution is 5.09. The van der Waals surface area contributed by atoms with E-state index in [1.54, 1.807) is 0 Å². The molecule has 1 aromatic heterocycles. The average Bonchev–Trinajstić information content (AvgIpc) is 2.13. The molecule has 0 saturated heterocycles. The molecule has 0 spiro atoms. The highest BCUT2D eigenvalue weighted by Gasteiger charge is 2.17. The third-order valence-electron chi connectivity index (χ3n) is 2.54. The van der Waals surface area contributed by atoms with Gasteiger partial charge < -0.3 is 0 Å². The minimum absolute atomic E-state index is 0.0442. The first-order chi connectivity index (χ1) is 7.18. The molecule has 0 aliphatic carbocycles. The third kappa shape index (κ3) is 4.30. The summed E-state index contributed by atoms with van der Waals surface area (Å²) < 4.78 is 0. The molecule has 0 aliphatic heterocycles. The molecule has 1 heterocycles.